The van der Waals surface area contributed by atoms with Gasteiger partial charge < -0.3 is 0 Å². The zero-order valence-electron chi connectivity index (χ0n) is 18.3. The zero-order chi connectivity index (χ0) is 24.3. The van der Waals surface area contributed by atoms with E-state index < -0.39 is 21.2 Å². The molecule has 0 atom stereocenters. The summed E-state index contributed by atoms with van der Waals surface area (Å²) >= 11 is 12.5. The second-order valence-corrected chi connectivity index (χ2v) is 10.8. The summed E-state index contributed by atoms with van der Waals surface area (Å²) in [7, 11) is -4.01. The predicted molar refractivity (Wildman–Crippen MR) is 129 cm³/mol. The first-order chi connectivity index (χ1) is 15.6. The van der Waals surface area contributed by atoms with Crippen LogP contribution in [0.2, 0.25) is 10.0 Å². The molecule has 33 heavy (non-hydrogen) atoms. The number of halogens is 2. The second-order valence-electron chi connectivity index (χ2n) is 7.69. The minimum absolute atomic E-state index is 0.0268. The van der Waals surface area contributed by atoms with E-state index in [0.717, 1.165) is 4.31 Å². The third-order valence-electron chi connectivity index (χ3n) is 5.06. The lowest BCUT2D eigenvalue weighted by molar-refractivity contribution is 0.0999. The summed E-state index contributed by atoms with van der Waals surface area (Å²) in [5, 5.41) is 13.3. The van der Waals surface area contributed by atoms with Gasteiger partial charge in [-0.15, -0.1) is 0 Å². The quantitative estimate of drug-likeness (QED) is 0.451. The predicted octanol–water partition coefficient (Wildman–Crippen LogP) is 5.00. The number of anilines is 1. The second kappa shape index (κ2) is 9.96. The van der Waals surface area contributed by atoms with Crippen molar-refractivity contribution in [3.8, 4) is 6.07 Å². The van der Waals surface area contributed by atoms with Crippen LogP contribution in [0.5, 0.6) is 0 Å². The lowest BCUT2D eigenvalue weighted by atomic mass is 10.1. The molecule has 1 heterocycles. The maximum atomic E-state index is 13.4. The molecule has 0 aliphatic heterocycles. The number of aromatic nitrogens is 2. The molecule has 172 valence electrons. The standard InChI is InChI=1S/C23H22Cl2N4O3S/c1-15(2)33(31,32)29(18-9-7-17(8-10-18)11-12-26)23(30)22-13-16(3)28(27-22)14-19-20(24)5-4-6-21(19)25/h4-10,13,15H,11,14H2,1-3H3. The summed E-state index contributed by atoms with van der Waals surface area (Å²) in [4.78, 5) is 13.4. The molecule has 0 saturated carbocycles. The Hall–Kier alpha value is -2.86. The zero-order valence-corrected chi connectivity index (χ0v) is 20.6. The van der Waals surface area contributed by atoms with E-state index in [0.29, 0.717) is 26.9 Å². The molecule has 0 saturated heterocycles. The van der Waals surface area contributed by atoms with Crippen LogP contribution < -0.4 is 4.31 Å². The lowest BCUT2D eigenvalue weighted by Crippen LogP contribution is -2.41. The van der Waals surface area contributed by atoms with Crippen molar-refractivity contribution in [2.75, 3.05) is 4.31 Å². The van der Waals surface area contributed by atoms with Gasteiger partial charge in [0.05, 0.1) is 30.0 Å². The Kier molecular flexibility index (Phi) is 7.48. The van der Waals surface area contributed by atoms with Crippen LogP contribution in [0, 0.1) is 18.3 Å². The molecular formula is C23H22Cl2N4O3S. The molecule has 3 aromatic rings. The molecule has 10 heteroatoms. The fourth-order valence-corrected chi connectivity index (χ4v) is 4.82. The minimum atomic E-state index is -4.01. The Morgan fingerprint density at radius 2 is 1.76 bits per heavy atom. The van der Waals surface area contributed by atoms with E-state index in [-0.39, 0.29) is 24.3 Å². The van der Waals surface area contributed by atoms with Crippen molar-refractivity contribution >= 4 is 44.8 Å². The van der Waals surface area contributed by atoms with Gasteiger partial charge in [0.25, 0.3) is 5.91 Å². The first-order valence-electron chi connectivity index (χ1n) is 10.1. The summed E-state index contributed by atoms with van der Waals surface area (Å²) in [6.45, 7) is 4.98. The van der Waals surface area contributed by atoms with Gasteiger partial charge in [-0.25, -0.2) is 12.7 Å². The number of carbonyl (C=O) groups is 1. The van der Waals surface area contributed by atoms with E-state index in [4.69, 9.17) is 28.5 Å². The maximum absolute atomic E-state index is 13.4. The van der Waals surface area contributed by atoms with Gasteiger partial charge in [0.15, 0.2) is 5.69 Å². The average molecular weight is 505 g/mol. The molecule has 0 bridgehead atoms. The van der Waals surface area contributed by atoms with Crippen LogP contribution in [0.1, 0.15) is 41.2 Å². The Morgan fingerprint density at radius 1 is 1.15 bits per heavy atom. The van der Waals surface area contributed by atoms with Gasteiger partial charge in [0, 0.05) is 21.3 Å². The third kappa shape index (κ3) is 5.22. The third-order valence-corrected chi connectivity index (χ3v) is 7.84. The first-order valence-corrected chi connectivity index (χ1v) is 12.3. The van der Waals surface area contributed by atoms with Crippen LogP contribution in [0.15, 0.2) is 48.5 Å². The molecule has 0 spiro atoms. The van der Waals surface area contributed by atoms with Gasteiger partial charge in [0.1, 0.15) is 0 Å². The van der Waals surface area contributed by atoms with E-state index in [1.165, 1.54) is 32.0 Å². The van der Waals surface area contributed by atoms with E-state index in [2.05, 4.69) is 5.10 Å². The van der Waals surface area contributed by atoms with Gasteiger partial charge in [-0.1, -0.05) is 41.4 Å². The van der Waals surface area contributed by atoms with Crippen molar-refractivity contribution in [1.82, 2.24) is 9.78 Å². The molecular weight excluding hydrogens is 483 g/mol. The van der Waals surface area contributed by atoms with E-state index in [1.54, 1.807) is 41.9 Å². The Bertz CT molecular complexity index is 1310. The normalized spacial score (nSPS) is 11.4. The van der Waals surface area contributed by atoms with Gasteiger partial charge in [-0.3, -0.25) is 9.48 Å². The summed E-state index contributed by atoms with van der Waals surface area (Å²) in [6, 6.07) is 15.0. The number of hydrogen-bond acceptors (Lipinski definition) is 5. The number of rotatable bonds is 7. The minimum Gasteiger partial charge on any atom is -0.266 e. The smallest absolute Gasteiger partial charge is 0.266 e. The Morgan fingerprint density at radius 3 is 2.30 bits per heavy atom. The van der Waals surface area contributed by atoms with E-state index in [9.17, 15) is 13.2 Å². The summed E-state index contributed by atoms with van der Waals surface area (Å²) in [6.07, 6.45) is 0.180. The van der Waals surface area contributed by atoms with Crippen molar-refractivity contribution in [3.05, 3.63) is 81.1 Å². The average Bonchev–Trinajstić information content (AvgIpc) is 3.12. The van der Waals surface area contributed by atoms with Crippen molar-refractivity contribution in [2.24, 2.45) is 0 Å². The molecule has 1 aromatic heterocycles. The number of aryl methyl sites for hydroxylation is 1. The van der Waals surface area contributed by atoms with Crippen LogP contribution in [0.25, 0.3) is 0 Å². The fraction of sp³-hybridized carbons (Fsp3) is 0.261. The Balaban J connectivity index is 2.02. The Labute approximate surface area is 203 Å². The highest BCUT2D eigenvalue weighted by Crippen LogP contribution is 2.27. The molecule has 0 aliphatic rings. The molecule has 3 rings (SSSR count). The van der Waals surface area contributed by atoms with Crippen molar-refractivity contribution in [1.29, 1.82) is 5.26 Å². The van der Waals surface area contributed by atoms with Gasteiger partial charge in [-0.2, -0.15) is 10.4 Å². The van der Waals surface area contributed by atoms with Gasteiger partial charge in [-0.05, 0) is 56.7 Å². The van der Waals surface area contributed by atoms with E-state index in [1.807, 2.05) is 6.07 Å². The van der Waals surface area contributed by atoms with Crippen LogP contribution in [-0.4, -0.2) is 29.4 Å². The maximum Gasteiger partial charge on any atom is 0.292 e. The number of nitriles is 1. The first kappa shape index (κ1) is 24.8. The molecule has 2 aromatic carbocycles. The topological polar surface area (TPSA) is 96.1 Å². The van der Waals surface area contributed by atoms with Crippen molar-refractivity contribution in [2.45, 2.75) is 39.0 Å². The number of nitrogens with zero attached hydrogens (tertiary/aromatic N) is 4. The highest BCUT2D eigenvalue weighted by atomic mass is 35.5. The SMILES string of the molecule is Cc1cc(C(=O)N(c2ccc(CC#N)cc2)S(=O)(=O)C(C)C)nn1Cc1c(Cl)cccc1Cl. The van der Waals surface area contributed by atoms with E-state index >= 15 is 0 Å². The van der Waals surface area contributed by atoms with Crippen LogP contribution in [-0.2, 0) is 23.0 Å². The number of amides is 1. The molecule has 0 N–H and O–H groups in total. The summed E-state index contributed by atoms with van der Waals surface area (Å²) in [5.74, 6) is -0.774. The lowest BCUT2D eigenvalue weighted by Gasteiger charge is -2.24. The number of hydrogen-bond donors (Lipinski definition) is 0. The number of sulfonamides is 1. The molecule has 7 nitrogen and oxygen atoms in total. The molecule has 0 fully saturated rings. The molecule has 0 aliphatic carbocycles. The highest BCUT2D eigenvalue weighted by molar-refractivity contribution is 7.94. The fourth-order valence-electron chi connectivity index (χ4n) is 3.14. The summed E-state index contributed by atoms with van der Waals surface area (Å²) in [5.41, 5.74) is 2.15. The van der Waals surface area contributed by atoms with Crippen LogP contribution in [0.3, 0.4) is 0 Å². The monoisotopic (exact) mass is 504 g/mol. The molecule has 0 radical (unpaired) electrons. The van der Waals surface area contributed by atoms with Gasteiger partial charge >= 0.3 is 0 Å². The van der Waals surface area contributed by atoms with Gasteiger partial charge in [0.2, 0.25) is 10.0 Å². The van der Waals surface area contributed by atoms with Crippen LogP contribution >= 0.6 is 23.2 Å². The number of carbonyl (C=O) groups excluding carboxylic acids is 1. The largest absolute Gasteiger partial charge is 0.292 e. The highest BCUT2D eigenvalue weighted by Gasteiger charge is 2.34. The molecule has 1 amide bonds. The molecule has 0 unspecified atom stereocenters. The van der Waals surface area contributed by atoms with Crippen LogP contribution in [0.4, 0.5) is 5.69 Å². The van der Waals surface area contributed by atoms with Crippen molar-refractivity contribution < 1.29 is 13.2 Å². The summed E-state index contributed by atoms with van der Waals surface area (Å²) < 4.78 is 28.5. The number of benzene rings is 2. The van der Waals surface area contributed by atoms with Crippen molar-refractivity contribution in [3.63, 3.8) is 0 Å².